The first-order chi connectivity index (χ1) is 9.57. The molecule has 1 unspecified atom stereocenters. The number of hydrogen-bond donors (Lipinski definition) is 0. The molecule has 116 valence electrons. The number of aromatic nitrogens is 2. The minimum atomic E-state index is 0.156. The third-order valence-corrected chi connectivity index (χ3v) is 4.47. The molecule has 0 spiro atoms. The Morgan fingerprint density at radius 3 is 2.33 bits per heavy atom. The summed E-state index contributed by atoms with van der Waals surface area (Å²) in [7, 11) is 1.93. The van der Waals surface area contributed by atoms with Crippen molar-refractivity contribution in [2.75, 3.05) is 6.54 Å². The molecule has 2 atom stereocenters. The molecule has 0 bridgehead atoms. The van der Waals surface area contributed by atoms with Gasteiger partial charge in [-0.1, -0.05) is 26.7 Å². The Kier molecular flexibility index (Phi) is 4.22. The highest BCUT2D eigenvalue weighted by Gasteiger charge is 2.41. The zero-order chi connectivity index (χ0) is 15.8. The van der Waals surface area contributed by atoms with Crippen LogP contribution >= 0.6 is 0 Å². The Labute approximate surface area is 129 Å². The molecule has 0 N–H and O–H groups in total. The highest BCUT2D eigenvalue weighted by atomic mass is 15.2. The average molecular weight is 287 g/mol. The van der Waals surface area contributed by atoms with Crippen molar-refractivity contribution in [3.63, 3.8) is 0 Å². The standard InChI is InChI=1S/C18H29N3/c1-17(2,3)14-12-16(21(13-14)18(4,5)6)9-8-15-10-11-20(7)19-15/h10-11,14,16H,12-13H2,1-7H3/t14?,16-/m1/s1. The van der Waals surface area contributed by atoms with E-state index in [0.29, 0.717) is 17.4 Å². The van der Waals surface area contributed by atoms with Crippen LogP contribution in [0.15, 0.2) is 12.3 Å². The van der Waals surface area contributed by atoms with Crippen LogP contribution in [0.25, 0.3) is 0 Å². The monoisotopic (exact) mass is 287 g/mol. The summed E-state index contributed by atoms with van der Waals surface area (Å²) in [4.78, 5) is 2.55. The second-order valence-corrected chi connectivity index (χ2v) is 8.28. The lowest BCUT2D eigenvalue weighted by Gasteiger charge is -2.35. The van der Waals surface area contributed by atoms with Gasteiger partial charge in [-0.2, -0.15) is 5.10 Å². The fourth-order valence-electron chi connectivity index (χ4n) is 2.98. The highest BCUT2D eigenvalue weighted by Crippen LogP contribution is 2.39. The molecule has 3 nitrogen and oxygen atoms in total. The van der Waals surface area contributed by atoms with Crippen LogP contribution in [-0.2, 0) is 7.05 Å². The average Bonchev–Trinajstić information content (AvgIpc) is 2.90. The Morgan fingerprint density at radius 2 is 1.86 bits per heavy atom. The van der Waals surface area contributed by atoms with Gasteiger partial charge in [-0.3, -0.25) is 9.58 Å². The van der Waals surface area contributed by atoms with Crippen molar-refractivity contribution in [1.82, 2.24) is 14.7 Å². The molecule has 1 aromatic rings. The lowest BCUT2D eigenvalue weighted by Crippen LogP contribution is -2.44. The summed E-state index contributed by atoms with van der Waals surface area (Å²) in [6, 6.07) is 2.31. The Balaban J connectivity index is 2.21. The van der Waals surface area contributed by atoms with Gasteiger partial charge in [-0.05, 0) is 50.5 Å². The number of rotatable bonds is 0. The van der Waals surface area contributed by atoms with Crippen molar-refractivity contribution in [2.24, 2.45) is 18.4 Å². The molecule has 1 aliphatic rings. The van der Waals surface area contributed by atoms with E-state index in [9.17, 15) is 0 Å². The topological polar surface area (TPSA) is 21.1 Å². The summed E-state index contributed by atoms with van der Waals surface area (Å²) in [5, 5.41) is 4.35. The van der Waals surface area contributed by atoms with Crippen molar-refractivity contribution in [1.29, 1.82) is 0 Å². The summed E-state index contributed by atoms with van der Waals surface area (Å²) in [6.45, 7) is 15.0. The van der Waals surface area contributed by atoms with Crippen LogP contribution in [0.4, 0.5) is 0 Å². The van der Waals surface area contributed by atoms with E-state index >= 15 is 0 Å². The van der Waals surface area contributed by atoms with Gasteiger partial charge in [-0.25, -0.2) is 0 Å². The molecule has 0 radical (unpaired) electrons. The Bertz CT molecular complexity index is 545. The zero-order valence-corrected chi connectivity index (χ0v) is 14.6. The van der Waals surface area contributed by atoms with Crippen LogP contribution in [0, 0.1) is 23.2 Å². The van der Waals surface area contributed by atoms with E-state index in [1.807, 2.05) is 19.3 Å². The maximum atomic E-state index is 4.35. The third-order valence-electron chi connectivity index (χ3n) is 4.47. The van der Waals surface area contributed by atoms with Crippen LogP contribution < -0.4 is 0 Å². The van der Waals surface area contributed by atoms with Crippen LogP contribution in [0.1, 0.15) is 53.7 Å². The third kappa shape index (κ3) is 3.89. The number of likely N-dealkylation sites (tertiary alicyclic amines) is 1. The fraction of sp³-hybridized carbons (Fsp3) is 0.722. The smallest absolute Gasteiger partial charge is 0.135 e. The minimum Gasteiger partial charge on any atom is -0.285 e. The van der Waals surface area contributed by atoms with Crippen LogP contribution in [0.2, 0.25) is 0 Å². The minimum absolute atomic E-state index is 0.156. The fourth-order valence-corrected chi connectivity index (χ4v) is 2.98. The van der Waals surface area contributed by atoms with Crippen molar-refractivity contribution < 1.29 is 0 Å². The van der Waals surface area contributed by atoms with E-state index in [1.165, 1.54) is 0 Å². The van der Waals surface area contributed by atoms with Gasteiger partial charge in [0.25, 0.3) is 0 Å². The molecule has 1 fully saturated rings. The maximum absolute atomic E-state index is 4.35. The van der Waals surface area contributed by atoms with Gasteiger partial charge in [0.2, 0.25) is 0 Å². The molecular weight excluding hydrogens is 258 g/mol. The number of nitrogens with zero attached hydrogens (tertiary/aromatic N) is 3. The molecule has 1 aliphatic heterocycles. The summed E-state index contributed by atoms with van der Waals surface area (Å²) in [5.41, 5.74) is 1.36. The first kappa shape index (κ1) is 16.1. The van der Waals surface area contributed by atoms with Crippen LogP contribution in [0.3, 0.4) is 0 Å². The van der Waals surface area contributed by atoms with Crippen molar-refractivity contribution in [2.45, 2.75) is 59.5 Å². The molecule has 21 heavy (non-hydrogen) atoms. The lowest BCUT2D eigenvalue weighted by molar-refractivity contribution is 0.130. The summed E-state index contributed by atoms with van der Waals surface area (Å²) in [5.74, 6) is 7.42. The second-order valence-electron chi connectivity index (χ2n) is 8.28. The van der Waals surface area contributed by atoms with Crippen molar-refractivity contribution in [3.8, 4) is 11.8 Å². The van der Waals surface area contributed by atoms with Gasteiger partial charge in [-0.15, -0.1) is 0 Å². The lowest BCUT2D eigenvalue weighted by atomic mass is 9.79. The van der Waals surface area contributed by atoms with E-state index in [2.05, 4.69) is 63.4 Å². The predicted molar refractivity (Wildman–Crippen MR) is 87.9 cm³/mol. The molecule has 0 amide bonds. The van der Waals surface area contributed by atoms with E-state index < -0.39 is 0 Å². The molecule has 2 heterocycles. The van der Waals surface area contributed by atoms with Crippen molar-refractivity contribution >= 4 is 0 Å². The normalized spacial score (nSPS) is 24.0. The number of aryl methyl sites for hydroxylation is 1. The molecule has 0 aromatic carbocycles. The largest absolute Gasteiger partial charge is 0.285 e. The van der Waals surface area contributed by atoms with Crippen LogP contribution in [-0.4, -0.2) is 32.8 Å². The van der Waals surface area contributed by atoms with Crippen molar-refractivity contribution in [3.05, 3.63) is 18.0 Å². The Hall–Kier alpha value is -1.27. The molecule has 0 saturated carbocycles. The Morgan fingerprint density at radius 1 is 1.19 bits per heavy atom. The molecule has 2 rings (SSSR count). The second kappa shape index (κ2) is 5.50. The first-order valence-corrected chi connectivity index (χ1v) is 7.85. The van der Waals surface area contributed by atoms with Gasteiger partial charge in [0.1, 0.15) is 5.69 Å². The molecular formula is C18H29N3. The van der Waals surface area contributed by atoms with E-state index in [-0.39, 0.29) is 5.54 Å². The number of hydrogen-bond acceptors (Lipinski definition) is 2. The quantitative estimate of drug-likeness (QED) is 0.683. The van der Waals surface area contributed by atoms with E-state index in [1.54, 1.807) is 4.68 Å². The molecule has 3 heteroatoms. The van der Waals surface area contributed by atoms with Gasteiger partial charge in [0.15, 0.2) is 0 Å². The van der Waals surface area contributed by atoms with E-state index in [4.69, 9.17) is 0 Å². The maximum Gasteiger partial charge on any atom is 0.135 e. The van der Waals surface area contributed by atoms with Gasteiger partial charge in [0.05, 0.1) is 6.04 Å². The molecule has 1 saturated heterocycles. The molecule has 1 aromatic heterocycles. The van der Waals surface area contributed by atoms with Gasteiger partial charge in [0, 0.05) is 25.3 Å². The summed E-state index contributed by atoms with van der Waals surface area (Å²) < 4.78 is 1.80. The van der Waals surface area contributed by atoms with E-state index in [0.717, 1.165) is 18.7 Å². The summed E-state index contributed by atoms with van der Waals surface area (Å²) >= 11 is 0. The predicted octanol–water partition coefficient (Wildman–Crippen LogP) is 3.31. The van der Waals surface area contributed by atoms with Gasteiger partial charge < -0.3 is 0 Å². The van der Waals surface area contributed by atoms with Gasteiger partial charge >= 0.3 is 0 Å². The SMILES string of the molecule is Cn1ccc(C#C[C@@H]2CC(C(C)(C)C)CN2C(C)(C)C)n1. The molecule has 0 aliphatic carbocycles. The van der Waals surface area contributed by atoms with Crippen LogP contribution in [0.5, 0.6) is 0 Å². The zero-order valence-electron chi connectivity index (χ0n) is 14.6. The first-order valence-electron chi connectivity index (χ1n) is 7.85. The highest BCUT2D eigenvalue weighted by molar-refractivity contribution is 5.29. The summed E-state index contributed by atoms with van der Waals surface area (Å²) in [6.07, 6.45) is 3.10.